The molecule has 1 aliphatic carbocycles. The van der Waals surface area contributed by atoms with Gasteiger partial charge in [-0.15, -0.1) is 0 Å². The van der Waals surface area contributed by atoms with Gasteiger partial charge in [-0.05, 0) is 30.0 Å². The minimum absolute atomic E-state index is 0.0615. The first-order valence-corrected chi connectivity index (χ1v) is 9.92. The van der Waals surface area contributed by atoms with Crippen LogP contribution in [0.1, 0.15) is 38.0 Å². The van der Waals surface area contributed by atoms with Crippen LogP contribution in [-0.2, 0) is 11.2 Å². The van der Waals surface area contributed by atoms with Gasteiger partial charge in [0.15, 0.2) is 5.78 Å². The van der Waals surface area contributed by atoms with Gasteiger partial charge in [0.25, 0.3) is 0 Å². The summed E-state index contributed by atoms with van der Waals surface area (Å²) in [6.07, 6.45) is 1.70. The van der Waals surface area contributed by atoms with Crippen LogP contribution in [-0.4, -0.2) is 5.78 Å². The van der Waals surface area contributed by atoms with E-state index in [2.05, 4.69) is 13.8 Å². The van der Waals surface area contributed by atoms with Crippen molar-refractivity contribution in [2.24, 2.45) is 5.41 Å². The molecular formula is C25H22O4. The van der Waals surface area contributed by atoms with Crippen molar-refractivity contribution in [1.82, 2.24) is 0 Å². The van der Waals surface area contributed by atoms with Gasteiger partial charge in [0.1, 0.15) is 22.9 Å². The Balaban J connectivity index is 1.69. The number of benzene rings is 2. The second-order valence-corrected chi connectivity index (χ2v) is 8.77. The van der Waals surface area contributed by atoms with Crippen molar-refractivity contribution < 1.29 is 13.9 Å². The maximum Gasteiger partial charge on any atom is 0.200 e. The van der Waals surface area contributed by atoms with E-state index in [0.29, 0.717) is 40.9 Å². The molecule has 0 saturated heterocycles. The Bertz CT molecular complexity index is 1260. The molecule has 0 bridgehead atoms. The summed E-state index contributed by atoms with van der Waals surface area (Å²) in [5.74, 6) is 2.13. The van der Waals surface area contributed by atoms with Gasteiger partial charge in [-0.2, -0.15) is 0 Å². The monoisotopic (exact) mass is 386 g/mol. The number of Topliss-reactive ketones (excluding diaryl/α,β-unsaturated/α-hetero) is 1. The number of hydrogen-bond donors (Lipinski definition) is 0. The topological polar surface area (TPSA) is 56.5 Å². The normalized spacial score (nSPS) is 17.7. The highest BCUT2D eigenvalue weighted by atomic mass is 16.5. The molecule has 4 heteroatoms. The van der Waals surface area contributed by atoms with Crippen molar-refractivity contribution in [2.45, 2.75) is 40.0 Å². The van der Waals surface area contributed by atoms with Crippen LogP contribution in [0.15, 0.2) is 63.0 Å². The first-order chi connectivity index (χ1) is 13.8. The van der Waals surface area contributed by atoms with Crippen LogP contribution in [0.25, 0.3) is 22.1 Å². The third kappa shape index (κ3) is 2.82. The number of rotatable bonds is 1. The van der Waals surface area contributed by atoms with Crippen molar-refractivity contribution >= 4 is 16.8 Å². The molecule has 5 rings (SSSR count). The van der Waals surface area contributed by atoms with Gasteiger partial charge >= 0.3 is 0 Å². The smallest absolute Gasteiger partial charge is 0.200 e. The van der Waals surface area contributed by atoms with E-state index in [9.17, 15) is 9.59 Å². The highest BCUT2D eigenvalue weighted by molar-refractivity contribution is 5.99. The zero-order chi connectivity index (χ0) is 20.3. The molecule has 0 N–H and O–H groups in total. The van der Waals surface area contributed by atoms with Gasteiger partial charge in [0.05, 0.1) is 10.9 Å². The molecule has 0 unspecified atom stereocenters. The number of carbonyl (C=O) groups excluding carboxylic acids is 1. The van der Waals surface area contributed by atoms with E-state index in [1.807, 2.05) is 43.3 Å². The molecule has 2 aliphatic rings. The fraction of sp³-hybridized carbons (Fsp3) is 0.280. The molecule has 0 amide bonds. The number of fused-ring (bicyclic) bond motifs is 3. The van der Waals surface area contributed by atoms with Crippen molar-refractivity contribution in [3.63, 3.8) is 0 Å². The summed E-state index contributed by atoms with van der Waals surface area (Å²) in [5.41, 5.74) is 3.28. The van der Waals surface area contributed by atoms with E-state index in [1.54, 1.807) is 6.07 Å². The maximum atomic E-state index is 13.3. The largest absolute Gasteiger partial charge is 0.461 e. The molecule has 2 heterocycles. The second kappa shape index (κ2) is 6.18. The second-order valence-electron chi connectivity index (χ2n) is 8.77. The molecular weight excluding hydrogens is 364 g/mol. The van der Waals surface area contributed by atoms with Gasteiger partial charge in [-0.25, -0.2) is 0 Å². The quantitative estimate of drug-likeness (QED) is 0.566. The Kier molecular flexibility index (Phi) is 3.82. The van der Waals surface area contributed by atoms with Crippen LogP contribution >= 0.6 is 0 Å². The van der Waals surface area contributed by atoms with E-state index < -0.39 is 0 Å². The maximum absolute atomic E-state index is 13.3. The van der Waals surface area contributed by atoms with Crippen molar-refractivity contribution in [3.8, 4) is 16.9 Å². The van der Waals surface area contributed by atoms with Crippen molar-refractivity contribution in [2.75, 3.05) is 0 Å². The van der Waals surface area contributed by atoms with Crippen LogP contribution in [0.2, 0.25) is 0 Å². The van der Waals surface area contributed by atoms with Gasteiger partial charge in [-0.3, -0.25) is 9.59 Å². The summed E-state index contributed by atoms with van der Waals surface area (Å²) in [4.78, 5) is 26.0. The molecule has 2 aromatic carbocycles. The molecule has 4 nitrogen and oxygen atoms in total. The lowest BCUT2D eigenvalue weighted by molar-refractivity contribution is -0.118. The van der Waals surface area contributed by atoms with Crippen LogP contribution in [0, 0.1) is 12.3 Å². The predicted octanol–water partition coefficient (Wildman–Crippen LogP) is 5.35. The van der Waals surface area contributed by atoms with Gasteiger partial charge in [0, 0.05) is 30.4 Å². The van der Waals surface area contributed by atoms with E-state index in [1.165, 1.54) is 0 Å². The Morgan fingerprint density at radius 1 is 0.966 bits per heavy atom. The summed E-state index contributed by atoms with van der Waals surface area (Å²) >= 11 is 0. The molecule has 0 radical (unpaired) electrons. The minimum atomic E-state index is -0.0992. The fourth-order valence-corrected chi connectivity index (χ4v) is 4.51. The summed E-state index contributed by atoms with van der Waals surface area (Å²) in [6.45, 7) is 5.98. The number of aryl methyl sites for hydroxylation is 1. The number of allylic oxidation sites excluding steroid dienone is 2. The van der Waals surface area contributed by atoms with Gasteiger partial charge in [-0.1, -0.05) is 44.2 Å². The lowest BCUT2D eigenvalue weighted by Crippen LogP contribution is -2.30. The first kappa shape index (κ1) is 17.9. The van der Waals surface area contributed by atoms with Crippen LogP contribution in [0.4, 0.5) is 0 Å². The lowest BCUT2D eigenvalue weighted by atomic mass is 9.74. The van der Waals surface area contributed by atoms with E-state index in [-0.39, 0.29) is 16.6 Å². The van der Waals surface area contributed by atoms with E-state index in [0.717, 1.165) is 28.9 Å². The zero-order valence-electron chi connectivity index (χ0n) is 16.8. The molecule has 3 aromatic rings. The molecule has 29 heavy (non-hydrogen) atoms. The van der Waals surface area contributed by atoms with Gasteiger partial charge in [0.2, 0.25) is 5.43 Å². The lowest BCUT2D eigenvalue weighted by Gasteiger charge is -2.34. The highest BCUT2D eigenvalue weighted by Gasteiger charge is 2.37. The molecule has 0 fully saturated rings. The standard InChI is InChI=1S/C25H22O4/c1-14-22(15-7-5-4-6-8-15)23(27)16-9-10-20-18(24(16)28-14)11-17-19(26)12-25(2,3)13-21(17)29-20/h4-10H,11-13H2,1-3H3. The molecule has 146 valence electrons. The SMILES string of the molecule is Cc1oc2c3c(ccc2c(=O)c1-c1ccccc1)OC1=C(C3)C(=O)CC(C)(C)C1. The number of ether oxygens (including phenoxy) is 1. The number of carbonyl (C=O) groups is 1. The van der Waals surface area contributed by atoms with Crippen LogP contribution in [0.3, 0.4) is 0 Å². The van der Waals surface area contributed by atoms with Crippen LogP contribution < -0.4 is 10.2 Å². The number of ketones is 1. The van der Waals surface area contributed by atoms with Crippen molar-refractivity contribution in [3.05, 3.63) is 75.3 Å². The molecule has 0 saturated carbocycles. The van der Waals surface area contributed by atoms with E-state index in [4.69, 9.17) is 9.15 Å². The Labute approximate surface area is 168 Å². The summed E-state index contributed by atoms with van der Waals surface area (Å²) in [7, 11) is 0. The fourth-order valence-electron chi connectivity index (χ4n) is 4.51. The molecule has 0 atom stereocenters. The highest BCUT2D eigenvalue weighted by Crippen LogP contribution is 2.44. The number of hydrogen-bond acceptors (Lipinski definition) is 4. The summed E-state index contributed by atoms with van der Waals surface area (Å²) in [6, 6.07) is 13.1. The molecule has 1 aromatic heterocycles. The average molecular weight is 386 g/mol. The van der Waals surface area contributed by atoms with Crippen molar-refractivity contribution in [1.29, 1.82) is 0 Å². The third-order valence-electron chi connectivity index (χ3n) is 5.90. The third-order valence-corrected chi connectivity index (χ3v) is 5.90. The van der Waals surface area contributed by atoms with Gasteiger partial charge < -0.3 is 9.15 Å². The minimum Gasteiger partial charge on any atom is -0.461 e. The Morgan fingerprint density at radius 3 is 2.48 bits per heavy atom. The Hall–Kier alpha value is -3.14. The summed E-state index contributed by atoms with van der Waals surface area (Å²) < 4.78 is 12.3. The zero-order valence-corrected chi connectivity index (χ0v) is 16.8. The molecule has 1 aliphatic heterocycles. The average Bonchev–Trinajstić information content (AvgIpc) is 2.66. The van der Waals surface area contributed by atoms with Crippen LogP contribution in [0.5, 0.6) is 5.75 Å². The Morgan fingerprint density at radius 2 is 1.72 bits per heavy atom. The first-order valence-electron chi connectivity index (χ1n) is 9.92. The van der Waals surface area contributed by atoms with E-state index >= 15 is 0 Å². The summed E-state index contributed by atoms with van der Waals surface area (Å²) in [5, 5.41) is 0.518. The predicted molar refractivity (Wildman–Crippen MR) is 112 cm³/mol. The molecule has 0 spiro atoms.